The monoisotopic (exact) mass is 360 g/mol. The SMILES string of the molecule is CCOC(=O)CCC(C)C.COC(=O)c1cnc(Cl)c([N+](=O)[O-])c1. The third-order valence-corrected chi connectivity index (χ3v) is 2.96. The molecule has 1 heterocycles. The zero-order valence-electron chi connectivity index (χ0n) is 14.1. The number of halogens is 1. The lowest BCUT2D eigenvalue weighted by molar-refractivity contribution is -0.385. The molecule has 0 N–H and O–H groups in total. The van der Waals surface area contributed by atoms with Crippen molar-refractivity contribution in [2.24, 2.45) is 5.92 Å². The molecule has 0 amide bonds. The molecule has 1 aromatic rings. The maximum atomic E-state index is 11.0. The van der Waals surface area contributed by atoms with Crippen molar-refractivity contribution in [2.45, 2.75) is 33.6 Å². The molecule has 134 valence electrons. The second kappa shape index (κ2) is 11.3. The Hall–Kier alpha value is -2.22. The van der Waals surface area contributed by atoms with Gasteiger partial charge in [0.1, 0.15) is 0 Å². The Kier molecular flexibility index (Phi) is 10.3. The Morgan fingerprint density at radius 1 is 1.42 bits per heavy atom. The van der Waals surface area contributed by atoms with Crippen LogP contribution in [0.4, 0.5) is 5.69 Å². The van der Waals surface area contributed by atoms with Crippen LogP contribution >= 0.6 is 11.6 Å². The molecular formula is C15H21ClN2O6. The number of hydrogen-bond acceptors (Lipinski definition) is 7. The molecule has 0 bridgehead atoms. The van der Waals surface area contributed by atoms with Crippen molar-refractivity contribution in [2.75, 3.05) is 13.7 Å². The molecule has 0 unspecified atom stereocenters. The molecule has 0 aliphatic rings. The molecule has 0 saturated carbocycles. The molecule has 8 nitrogen and oxygen atoms in total. The number of pyridine rings is 1. The van der Waals surface area contributed by atoms with Gasteiger partial charge in [0.05, 0.1) is 24.2 Å². The third-order valence-electron chi connectivity index (χ3n) is 2.67. The second-order valence-corrected chi connectivity index (χ2v) is 5.38. The Bertz CT molecular complexity index is 577. The summed E-state index contributed by atoms with van der Waals surface area (Å²) in [5.74, 6) is -0.183. The topological polar surface area (TPSA) is 109 Å². The summed E-state index contributed by atoms with van der Waals surface area (Å²) in [6.07, 6.45) is 2.60. The third kappa shape index (κ3) is 8.42. The molecule has 0 fully saturated rings. The first-order valence-electron chi connectivity index (χ1n) is 7.26. The van der Waals surface area contributed by atoms with Crippen molar-refractivity contribution in [3.63, 3.8) is 0 Å². The Labute approximate surface area is 145 Å². The fourth-order valence-electron chi connectivity index (χ4n) is 1.43. The van der Waals surface area contributed by atoms with Crippen molar-refractivity contribution in [3.8, 4) is 0 Å². The van der Waals surface area contributed by atoms with Gasteiger partial charge < -0.3 is 9.47 Å². The van der Waals surface area contributed by atoms with Crippen molar-refractivity contribution in [1.82, 2.24) is 4.98 Å². The van der Waals surface area contributed by atoms with E-state index in [2.05, 4.69) is 23.6 Å². The Balaban J connectivity index is 0.000000470. The maximum absolute atomic E-state index is 11.0. The summed E-state index contributed by atoms with van der Waals surface area (Å²) in [5.41, 5.74) is -0.432. The fraction of sp³-hybridized carbons (Fsp3) is 0.533. The molecule has 9 heteroatoms. The standard InChI is InChI=1S/C8H16O2.C7H5ClN2O4/c1-4-10-8(9)6-5-7(2)3;1-14-7(11)4-2-5(10(12)13)6(8)9-3-4/h7H,4-6H2,1-3H3;2-3H,1H3. The molecular weight excluding hydrogens is 340 g/mol. The summed E-state index contributed by atoms with van der Waals surface area (Å²) >= 11 is 5.43. The van der Waals surface area contributed by atoms with E-state index in [0.29, 0.717) is 18.9 Å². The molecule has 0 aromatic carbocycles. The predicted octanol–water partition coefficient (Wildman–Crippen LogP) is 3.42. The van der Waals surface area contributed by atoms with Gasteiger partial charge in [0.15, 0.2) is 0 Å². The largest absolute Gasteiger partial charge is 0.466 e. The number of hydrogen-bond donors (Lipinski definition) is 0. The molecule has 24 heavy (non-hydrogen) atoms. The number of esters is 2. The van der Waals surface area contributed by atoms with Crippen LogP contribution in [0, 0.1) is 16.0 Å². The van der Waals surface area contributed by atoms with E-state index in [0.717, 1.165) is 18.7 Å². The highest BCUT2D eigenvalue weighted by atomic mass is 35.5. The molecule has 0 atom stereocenters. The van der Waals surface area contributed by atoms with E-state index in [1.54, 1.807) is 0 Å². The number of nitro groups is 1. The highest BCUT2D eigenvalue weighted by Crippen LogP contribution is 2.22. The van der Waals surface area contributed by atoms with Gasteiger partial charge in [-0.15, -0.1) is 0 Å². The van der Waals surface area contributed by atoms with Gasteiger partial charge in [0.25, 0.3) is 0 Å². The molecule has 1 rings (SSSR count). The van der Waals surface area contributed by atoms with Crippen molar-refractivity contribution >= 4 is 29.2 Å². The van der Waals surface area contributed by atoms with E-state index in [1.807, 2.05) is 6.92 Å². The minimum Gasteiger partial charge on any atom is -0.466 e. The summed E-state index contributed by atoms with van der Waals surface area (Å²) in [5, 5.41) is 10.2. The number of aromatic nitrogens is 1. The number of nitrogens with zero attached hydrogens (tertiary/aromatic N) is 2. The van der Waals surface area contributed by atoms with Crippen LogP contribution < -0.4 is 0 Å². The number of carbonyl (C=O) groups excluding carboxylic acids is 2. The average Bonchev–Trinajstić information content (AvgIpc) is 2.53. The lowest BCUT2D eigenvalue weighted by Crippen LogP contribution is -2.04. The van der Waals surface area contributed by atoms with Crippen LogP contribution in [0.15, 0.2) is 12.3 Å². The molecule has 1 aromatic heterocycles. The molecule has 0 spiro atoms. The Morgan fingerprint density at radius 3 is 2.50 bits per heavy atom. The minimum atomic E-state index is -0.720. The highest BCUT2D eigenvalue weighted by molar-refractivity contribution is 6.31. The van der Waals surface area contributed by atoms with Gasteiger partial charge in [0.2, 0.25) is 5.15 Å². The van der Waals surface area contributed by atoms with Crippen LogP contribution in [0.1, 0.15) is 44.0 Å². The van der Waals surface area contributed by atoms with Gasteiger partial charge in [-0.2, -0.15) is 0 Å². The van der Waals surface area contributed by atoms with Crippen molar-refractivity contribution < 1.29 is 24.0 Å². The lowest BCUT2D eigenvalue weighted by atomic mass is 10.1. The van der Waals surface area contributed by atoms with E-state index in [1.165, 1.54) is 7.11 Å². The van der Waals surface area contributed by atoms with Crippen LogP contribution in [0.3, 0.4) is 0 Å². The first-order valence-corrected chi connectivity index (χ1v) is 7.64. The van der Waals surface area contributed by atoms with E-state index in [-0.39, 0.29) is 16.7 Å². The van der Waals surface area contributed by atoms with Gasteiger partial charge in [-0.05, 0) is 19.3 Å². The zero-order chi connectivity index (χ0) is 18.7. The van der Waals surface area contributed by atoms with Crippen LogP contribution in [-0.4, -0.2) is 35.6 Å². The number of carbonyl (C=O) groups is 2. The number of ether oxygens (including phenoxy) is 2. The van der Waals surface area contributed by atoms with Crippen molar-refractivity contribution in [1.29, 1.82) is 0 Å². The number of methoxy groups -OCH3 is 1. The van der Waals surface area contributed by atoms with Gasteiger partial charge in [0, 0.05) is 18.7 Å². The van der Waals surface area contributed by atoms with Gasteiger partial charge in [-0.1, -0.05) is 25.4 Å². The first kappa shape index (κ1) is 21.8. The maximum Gasteiger partial charge on any atom is 0.339 e. The fourth-order valence-corrected chi connectivity index (χ4v) is 1.61. The number of rotatable bonds is 6. The minimum absolute atomic E-state index is 0.0106. The quantitative estimate of drug-likeness (QED) is 0.331. The Morgan fingerprint density at radius 2 is 2.04 bits per heavy atom. The van der Waals surface area contributed by atoms with Gasteiger partial charge >= 0.3 is 17.6 Å². The van der Waals surface area contributed by atoms with Crippen LogP contribution in [0.25, 0.3) is 0 Å². The molecule has 0 radical (unpaired) electrons. The lowest BCUT2D eigenvalue weighted by Gasteiger charge is -2.03. The summed E-state index contributed by atoms with van der Waals surface area (Å²) in [7, 11) is 1.17. The smallest absolute Gasteiger partial charge is 0.339 e. The van der Waals surface area contributed by atoms with E-state index < -0.39 is 16.6 Å². The van der Waals surface area contributed by atoms with Gasteiger partial charge in [-0.25, -0.2) is 9.78 Å². The van der Waals surface area contributed by atoms with Gasteiger partial charge in [-0.3, -0.25) is 14.9 Å². The normalized spacial score (nSPS) is 9.75. The summed E-state index contributed by atoms with van der Waals surface area (Å²) < 4.78 is 9.12. The van der Waals surface area contributed by atoms with E-state index >= 15 is 0 Å². The zero-order valence-corrected chi connectivity index (χ0v) is 14.8. The van der Waals surface area contributed by atoms with Crippen LogP contribution in [0.5, 0.6) is 0 Å². The van der Waals surface area contributed by atoms with Crippen molar-refractivity contribution in [3.05, 3.63) is 33.1 Å². The summed E-state index contributed by atoms with van der Waals surface area (Å²) in [6.45, 7) is 6.52. The van der Waals surface area contributed by atoms with E-state index in [9.17, 15) is 19.7 Å². The summed E-state index contributed by atoms with van der Waals surface area (Å²) in [6, 6.07) is 1.02. The molecule has 0 saturated heterocycles. The molecule has 0 aliphatic carbocycles. The van der Waals surface area contributed by atoms with Crippen LogP contribution in [0.2, 0.25) is 5.15 Å². The molecule has 0 aliphatic heterocycles. The first-order chi connectivity index (χ1) is 11.2. The second-order valence-electron chi connectivity index (χ2n) is 5.02. The average molecular weight is 361 g/mol. The summed E-state index contributed by atoms with van der Waals surface area (Å²) in [4.78, 5) is 34.9. The van der Waals surface area contributed by atoms with Crippen LogP contribution in [-0.2, 0) is 14.3 Å². The predicted molar refractivity (Wildman–Crippen MR) is 87.9 cm³/mol. The highest BCUT2D eigenvalue weighted by Gasteiger charge is 2.17. The van der Waals surface area contributed by atoms with E-state index in [4.69, 9.17) is 16.3 Å².